The van der Waals surface area contributed by atoms with Crippen LogP contribution in [0.1, 0.15) is 12.8 Å². The minimum Gasteiger partial charge on any atom is -0.474 e. The Hall–Kier alpha value is -1.45. The fourth-order valence-electron chi connectivity index (χ4n) is 2.07. The number of nitrogens with zero attached hydrogens (tertiary/aromatic N) is 4. The van der Waals surface area contributed by atoms with Gasteiger partial charge in [-0.05, 0) is 12.8 Å². The predicted molar refractivity (Wildman–Crippen MR) is 76.4 cm³/mol. The fourth-order valence-corrected chi connectivity index (χ4v) is 3.21. The van der Waals surface area contributed by atoms with Crippen LogP contribution < -0.4 is 9.47 Å². The molecule has 0 atom stereocenters. The third-order valence-electron chi connectivity index (χ3n) is 3.27. The first kappa shape index (κ1) is 15.9. The second-order valence-corrected chi connectivity index (χ2v) is 7.03. The molecule has 8 nitrogen and oxygen atoms in total. The Morgan fingerprint density at radius 3 is 2.57 bits per heavy atom. The summed E-state index contributed by atoms with van der Waals surface area (Å²) in [7, 11) is 1.21. The normalized spacial score (nSPS) is 17.9. The van der Waals surface area contributed by atoms with Gasteiger partial charge in [0.2, 0.25) is 5.88 Å². The highest BCUT2D eigenvalue weighted by Crippen LogP contribution is 2.20. The van der Waals surface area contributed by atoms with Crippen molar-refractivity contribution < 1.29 is 17.9 Å². The van der Waals surface area contributed by atoms with E-state index in [4.69, 9.17) is 9.47 Å². The Bertz CT molecular complexity index is 570. The second kappa shape index (κ2) is 6.54. The first-order chi connectivity index (χ1) is 9.93. The summed E-state index contributed by atoms with van der Waals surface area (Å²) in [5, 5.41) is 0. The maximum absolute atomic E-state index is 12.0. The lowest BCUT2D eigenvalue weighted by molar-refractivity contribution is 0.126. The molecule has 0 unspecified atom stereocenters. The van der Waals surface area contributed by atoms with Gasteiger partial charge in [-0.15, -0.1) is 0 Å². The predicted octanol–water partition coefficient (Wildman–Crippen LogP) is 0.135. The van der Waals surface area contributed by atoms with E-state index in [0.717, 1.165) is 0 Å². The van der Waals surface area contributed by atoms with Gasteiger partial charge in [0, 0.05) is 39.4 Å². The topological polar surface area (TPSA) is 84.9 Å². The highest BCUT2D eigenvalue weighted by molar-refractivity contribution is 7.86. The largest absolute Gasteiger partial charge is 0.474 e. The van der Waals surface area contributed by atoms with Crippen molar-refractivity contribution in [3.8, 4) is 11.9 Å². The highest BCUT2D eigenvalue weighted by Gasteiger charge is 2.30. The van der Waals surface area contributed by atoms with Gasteiger partial charge < -0.3 is 9.47 Å². The molecular formula is C12H20N4O4S. The summed E-state index contributed by atoms with van der Waals surface area (Å²) in [6, 6.07) is 1.91. The molecule has 0 aliphatic carbocycles. The van der Waals surface area contributed by atoms with Crippen molar-refractivity contribution >= 4 is 10.2 Å². The smallest absolute Gasteiger partial charge is 0.319 e. The molecule has 0 spiro atoms. The van der Waals surface area contributed by atoms with Crippen molar-refractivity contribution in [2.75, 3.05) is 34.3 Å². The Morgan fingerprint density at radius 2 is 2.00 bits per heavy atom. The summed E-state index contributed by atoms with van der Waals surface area (Å²) in [5.74, 6) is 0.441. The lowest BCUT2D eigenvalue weighted by Crippen LogP contribution is -2.46. The lowest BCUT2D eigenvalue weighted by atomic mass is 10.1. The van der Waals surface area contributed by atoms with Crippen molar-refractivity contribution in [2.45, 2.75) is 18.9 Å². The molecule has 1 aromatic rings. The molecule has 0 N–H and O–H groups in total. The molecule has 0 saturated carbocycles. The van der Waals surface area contributed by atoms with E-state index in [9.17, 15) is 8.42 Å². The molecule has 118 valence electrons. The summed E-state index contributed by atoms with van der Waals surface area (Å²) < 4.78 is 37.4. The molecule has 2 heterocycles. The van der Waals surface area contributed by atoms with Crippen molar-refractivity contribution in [1.29, 1.82) is 0 Å². The van der Waals surface area contributed by atoms with Crippen LogP contribution in [0, 0.1) is 0 Å². The molecule has 0 radical (unpaired) electrons. The number of aromatic nitrogens is 2. The van der Waals surface area contributed by atoms with Gasteiger partial charge in [0.15, 0.2) is 0 Å². The van der Waals surface area contributed by atoms with Gasteiger partial charge in [0.25, 0.3) is 10.2 Å². The van der Waals surface area contributed by atoms with Crippen LogP contribution in [-0.4, -0.2) is 67.4 Å². The zero-order valence-corrected chi connectivity index (χ0v) is 13.2. The van der Waals surface area contributed by atoms with Gasteiger partial charge >= 0.3 is 6.01 Å². The maximum atomic E-state index is 12.0. The number of rotatable bonds is 5. The van der Waals surface area contributed by atoms with Crippen LogP contribution in [0.2, 0.25) is 0 Å². The molecule has 1 aliphatic heterocycles. The summed E-state index contributed by atoms with van der Waals surface area (Å²) in [6.45, 7) is 0.876. The van der Waals surface area contributed by atoms with Crippen LogP contribution >= 0.6 is 0 Å². The molecule has 1 aliphatic rings. The molecule has 21 heavy (non-hydrogen) atoms. The Balaban J connectivity index is 1.92. The number of hydrogen-bond donors (Lipinski definition) is 0. The fraction of sp³-hybridized carbons (Fsp3) is 0.667. The van der Waals surface area contributed by atoms with Crippen LogP contribution in [0.4, 0.5) is 0 Å². The van der Waals surface area contributed by atoms with Crippen LogP contribution in [0.25, 0.3) is 0 Å². The van der Waals surface area contributed by atoms with Crippen LogP contribution in [0.3, 0.4) is 0 Å². The average molecular weight is 316 g/mol. The molecule has 9 heteroatoms. The Kier molecular flexibility index (Phi) is 4.96. The van der Waals surface area contributed by atoms with Gasteiger partial charge in [-0.1, -0.05) is 0 Å². The molecule has 1 fully saturated rings. The van der Waals surface area contributed by atoms with E-state index < -0.39 is 10.2 Å². The third kappa shape index (κ3) is 3.80. The van der Waals surface area contributed by atoms with E-state index in [-0.39, 0.29) is 12.1 Å². The van der Waals surface area contributed by atoms with E-state index in [1.54, 1.807) is 12.3 Å². The summed E-state index contributed by atoms with van der Waals surface area (Å²) in [4.78, 5) is 7.99. The number of hydrogen-bond acceptors (Lipinski definition) is 6. The summed E-state index contributed by atoms with van der Waals surface area (Å²) >= 11 is 0. The average Bonchev–Trinajstić information content (AvgIpc) is 2.48. The van der Waals surface area contributed by atoms with Gasteiger partial charge in [-0.25, -0.2) is 4.98 Å². The van der Waals surface area contributed by atoms with E-state index in [1.165, 1.54) is 29.8 Å². The van der Waals surface area contributed by atoms with Crippen molar-refractivity contribution in [1.82, 2.24) is 18.6 Å². The van der Waals surface area contributed by atoms with Gasteiger partial charge in [0.05, 0.1) is 7.11 Å². The van der Waals surface area contributed by atoms with Crippen LogP contribution in [-0.2, 0) is 10.2 Å². The highest BCUT2D eigenvalue weighted by atomic mass is 32.2. The molecule has 1 aromatic heterocycles. The molecule has 0 aromatic carbocycles. The van der Waals surface area contributed by atoms with E-state index in [0.29, 0.717) is 31.8 Å². The number of piperidine rings is 1. The molecular weight excluding hydrogens is 296 g/mol. The minimum absolute atomic E-state index is 0.0572. The Labute approximate surface area is 124 Å². The SMILES string of the molecule is COc1nccc(OC2CCN(S(=O)(=O)N(C)C)CC2)n1. The first-order valence-electron chi connectivity index (χ1n) is 6.65. The summed E-state index contributed by atoms with van der Waals surface area (Å²) in [5.41, 5.74) is 0. The molecule has 0 amide bonds. The minimum atomic E-state index is -3.34. The van der Waals surface area contributed by atoms with Crippen molar-refractivity contribution in [3.05, 3.63) is 12.3 Å². The zero-order chi connectivity index (χ0) is 15.5. The number of ether oxygens (including phenoxy) is 2. The van der Waals surface area contributed by atoms with E-state index in [1.807, 2.05) is 0 Å². The van der Waals surface area contributed by atoms with Gasteiger partial charge in [-0.2, -0.15) is 22.0 Å². The third-order valence-corrected chi connectivity index (χ3v) is 5.21. The van der Waals surface area contributed by atoms with Crippen molar-refractivity contribution in [3.63, 3.8) is 0 Å². The van der Waals surface area contributed by atoms with Crippen LogP contribution in [0.15, 0.2) is 12.3 Å². The molecule has 0 bridgehead atoms. The monoisotopic (exact) mass is 316 g/mol. The van der Waals surface area contributed by atoms with Crippen molar-refractivity contribution in [2.24, 2.45) is 0 Å². The first-order valence-corrected chi connectivity index (χ1v) is 8.04. The lowest BCUT2D eigenvalue weighted by Gasteiger charge is -2.32. The van der Waals surface area contributed by atoms with E-state index in [2.05, 4.69) is 9.97 Å². The number of methoxy groups -OCH3 is 1. The Morgan fingerprint density at radius 1 is 1.33 bits per heavy atom. The summed E-state index contributed by atoms with van der Waals surface area (Å²) in [6.07, 6.45) is 2.75. The van der Waals surface area contributed by atoms with Crippen LogP contribution in [0.5, 0.6) is 11.9 Å². The standard InChI is InChI=1S/C12H20N4O4S/c1-15(2)21(17,18)16-8-5-10(6-9-16)20-11-4-7-13-12(14-11)19-3/h4,7,10H,5-6,8-9H2,1-3H3. The van der Waals surface area contributed by atoms with E-state index >= 15 is 0 Å². The van der Waals surface area contributed by atoms with Gasteiger partial charge in [0.1, 0.15) is 6.10 Å². The molecule has 2 rings (SSSR count). The molecule has 1 saturated heterocycles. The quantitative estimate of drug-likeness (QED) is 0.768. The second-order valence-electron chi connectivity index (χ2n) is 4.89. The maximum Gasteiger partial charge on any atom is 0.319 e. The zero-order valence-electron chi connectivity index (χ0n) is 12.4. The van der Waals surface area contributed by atoms with Gasteiger partial charge in [-0.3, -0.25) is 0 Å².